The highest BCUT2D eigenvalue weighted by Gasteiger charge is 1.96. The van der Waals surface area contributed by atoms with E-state index < -0.39 is 5.97 Å². The van der Waals surface area contributed by atoms with Crippen LogP contribution in [0.25, 0.3) is 0 Å². The topological polar surface area (TPSA) is 37.3 Å². The van der Waals surface area contributed by atoms with Crippen LogP contribution in [-0.4, -0.2) is 11.1 Å². The van der Waals surface area contributed by atoms with Gasteiger partial charge in [-0.15, -0.1) is 0 Å². The Labute approximate surface area is 154 Å². The molecule has 2 heteroatoms. The van der Waals surface area contributed by atoms with Crippen molar-refractivity contribution in [2.75, 3.05) is 0 Å². The van der Waals surface area contributed by atoms with E-state index in [1.54, 1.807) is 13.0 Å². The molecule has 0 saturated carbocycles. The Balaban J connectivity index is 3.56. The molecule has 0 aliphatic carbocycles. The molecule has 0 radical (unpaired) electrons. The SMILES string of the molecule is CC/C=C/C/C=C/C/C=C/C/C=C/C/C=C/CCC/C=C(\C)C(=O)O. The van der Waals surface area contributed by atoms with Gasteiger partial charge in [-0.25, -0.2) is 4.79 Å². The van der Waals surface area contributed by atoms with E-state index in [2.05, 4.69) is 67.7 Å². The molecule has 0 heterocycles. The second-order valence-corrected chi connectivity index (χ2v) is 5.83. The molecule has 0 amide bonds. The van der Waals surface area contributed by atoms with Gasteiger partial charge in [0.05, 0.1) is 0 Å². The zero-order valence-electron chi connectivity index (χ0n) is 15.9. The Morgan fingerprint density at radius 2 is 1.16 bits per heavy atom. The maximum atomic E-state index is 10.6. The molecule has 0 atom stereocenters. The number of carboxylic acid groups (broad SMARTS) is 1. The number of carboxylic acids is 1. The molecule has 0 aromatic carbocycles. The number of hydrogen-bond donors (Lipinski definition) is 1. The fourth-order valence-corrected chi connectivity index (χ4v) is 2.01. The van der Waals surface area contributed by atoms with Crippen molar-refractivity contribution in [3.8, 4) is 0 Å². The molecule has 2 nitrogen and oxygen atoms in total. The van der Waals surface area contributed by atoms with Crippen molar-refractivity contribution in [2.24, 2.45) is 0 Å². The summed E-state index contributed by atoms with van der Waals surface area (Å²) in [6.07, 6.45) is 31.6. The number of rotatable bonds is 14. The van der Waals surface area contributed by atoms with Crippen molar-refractivity contribution in [2.45, 2.75) is 65.2 Å². The molecule has 0 aliphatic rings. The molecule has 138 valence electrons. The third-order valence-corrected chi connectivity index (χ3v) is 3.52. The van der Waals surface area contributed by atoms with Gasteiger partial charge in [0.25, 0.3) is 0 Å². The molecule has 0 aromatic heterocycles. The first-order chi connectivity index (χ1) is 12.2. The normalized spacial score (nSPS) is 13.4. The van der Waals surface area contributed by atoms with Crippen LogP contribution >= 0.6 is 0 Å². The zero-order chi connectivity index (χ0) is 18.6. The van der Waals surface area contributed by atoms with Crippen molar-refractivity contribution in [3.05, 3.63) is 72.4 Å². The van der Waals surface area contributed by atoms with Crippen molar-refractivity contribution in [3.63, 3.8) is 0 Å². The lowest BCUT2D eigenvalue weighted by atomic mass is 10.1. The molecule has 0 fully saturated rings. The van der Waals surface area contributed by atoms with Gasteiger partial charge in [0.1, 0.15) is 0 Å². The van der Waals surface area contributed by atoms with E-state index in [1.165, 1.54) is 0 Å². The van der Waals surface area contributed by atoms with E-state index in [-0.39, 0.29) is 0 Å². The van der Waals surface area contributed by atoms with Crippen molar-refractivity contribution >= 4 is 5.97 Å². The van der Waals surface area contributed by atoms with Crippen LogP contribution < -0.4 is 0 Å². The van der Waals surface area contributed by atoms with Crippen LogP contribution in [0.15, 0.2) is 72.4 Å². The number of aliphatic carboxylic acids is 1. The molecule has 0 rings (SSSR count). The van der Waals surface area contributed by atoms with E-state index in [9.17, 15) is 4.79 Å². The summed E-state index contributed by atoms with van der Waals surface area (Å²) in [7, 11) is 0. The number of allylic oxidation sites excluding steroid dienone is 11. The molecule has 0 unspecified atom stereocenters. The molecular formula is C23H34O2. The Morgan fingerprint density at radius 3 is 1.60 bits per heavy atom. The van der Waals surface area contributed by atoms with Crippen LogP contribution in [0.4, 0.5) is 0 Å². The van der Waals surface area contributed by atoms with E-state index in [0.29, 0.717) is 5.57 Å². The molecule has 25 heavy (non-hydrogen) atoms. The van der Waals surface area contributed by atoms with Crippen LogP contribution in [0.2, 0.25) is 0 Å². The average Bonchev–Trinajstić information content (AvgIpc) is 2.60. The van der Waals surface area contributed by atoms with Gasteiger partial charge in [-0.2, -0.15) is 0 Å². The first-order valence-corrected chi connectivity index (χ1v) is 9.33. The molecule has 0 aromatic rings. The van der Waals surface area contributed by atoms with Crippen LogP contribution in [-0.2, 0) is 4.79 Å². The summed E-state index contributed by atoms with van der Waals surface area (Å²) in [6, 6.07) is 0. The van der Waals surface area contributed by atoms with E-state index in [1.807, 2.05) is 0 Å². The van der Waals surface area contributed by atoms with Crippen LogP contribution in [0, 0.1) is 0 Å². The van der Waals surface area contributed by atoms with Crippen LogP contribution in [0.1, 0.15) is 65.2 Å². The highest BCUT2D eigenvalue weighted by atomic mass is 16.4. The molecule has 0 aliphatic heterocycles. The largest absolute Gasteiger partial charge is 0.478 e. The van der Waals surface area contributed by atoms with Gasteiger partial charge in [0.15, 0.2) is 0 Å². The summed E-state index contributed by atoms with van der Waals surface area (Å²) in [5, 5.41) is 8.73. The minimum absolute atomic E-state index is 0.434. The highest BCUT2D eigenvalue weighted by Crippen LogP contribution is 2.03. The minimum atomic E-state index is -0.824. The quantitative estimate of drug-likeness (QED) is 0.211. The molecule has 0 spiro atoms. The summed E-state index contributed by atoms with van der Waals surface area (Å²) < 4.78 is 0. The first kappa shape index (κ1) is 22.9. The molecular weight excluding hydrogens is 308 g/mol. The van der Waals surface area contributed by atoms with Crippen LogP contribution in [0.5, 0.6) is 0 Å². The number of hydrogen-bond acceptors (Lipinski definition) is 1. The van der Waals surface area contributed by atoms with Crippen LogP contribution in [0.3, 0.4) is 0 Å². The summed E-state index contributed by atoms with van der Waals surface area (Å²) in [5.41, 5.74) is 0.434. The van der Waals surface area contributed by atoms with Gasteiger partial charge in [-0.3, -0.25) is 0 Å². The Hall–Kier alpha value is -2.09. The third-order valence-electron chi connectivity index (χ3n) is 3.52. The van der Waals surface area contributed by atoms with Gasteiger partial charge >= 0.3 is 5.97 Å². The standard InChI is InChI=1S/C23H34O2/c1-3-4-5-6-7-8-9-10-11-12-13-14-15-16-17-18-19-20-21-22(2)23(24)25/h4-5,7-8,10-11,13-14,16-17,21H,3,6,9,12,15,18-20H2,1-2H3,(H,24,25)/b5-4+,8-7+,11-10+,14-13+,17-16+,22-21+. The van der Waals surface area contributed by atoms with E-state index in [0.717, 1.165) is 51.4 Å². The fraction of sp³-hybridized carbons (Fsp3) is 0.435. The lowest BCUT2D eigenvalue weighted by Crippen LogP contribution is -1.95. The first-order valence-electron chi connectivity index (χ1n) is 9.33. The Kier molecular flexibility index (Phi) is 16.7. The fourth-order valence-electron chi connectivity index (χ4n) is 2.01. The van der Waals surface area contributed by atoms with Gasteiger partial charge in [-0.1, -0.05) is 73.8 Å². The summed E-state index contributed by atoms with van der Waals surface area (Å²) in [6.45, 7) is 3.79. The van der Waals surface area contributed by atoms with Crippen molar-refractivity contribution in [1.82, 2.24) is 0 Å². The van der Waals surface area contributed by atoms with Gasteiger partial charge in [0, 0.05) is 5.57 Å². The monoisotopic (exact) mass is 342 g/mol. The van der Waals surface area contributed by atoms with Crippen molar-refractivity contribution in [1.29, 1.82) is 0 Å². The maximum absolute atomic E-state index is 10.6. The second kappa shape index (κ2) is 18.3. The van der Waals surface area contributed by atoms with Gasteiger partial charge in [0.2, 0.25) is 0 Å². The second-order valence-electron chi connectivity index (χ2n) is 5.83. The van der Waals surface area contributed by atoms with Crippen molar-refractivity contribution < 1.29 is 9.90 Å². The summed E-state index contributed by atoms with van der Waals surface area (Å²) in [4.78, 5) is 10.6. The van der Waals surface area contributed by atoms with E-state index >= 15 is 0 Å². The molecule has 0 bridgehead atoms. The smallest absolute Gasteiger partial charge is 0.330 e. The predicted octanol–water partition coefficient (Wildman–Crippen LogP) is 6.94. The zero-order valence-corrected chi connectivity index (χ0v) is 15.9. The predicted molar refractivity (Wildman–Crippen MR) is 110 cm³/mol. The summed E-state index contributed by atoms with van der Waals surface area (Å²) >= 11 is 0. The summed E-state index contributed by atoms with van der Waals surface area (Å²) in [5.74, 6) is -0.824. The third kappa shape index (κ3) is 18.1. The highest BCUT2D eigenvalue weighted by molar-refractivity contribution is 5.85. The van der Waals surface area contributed by atoms with Gasteiger partial charge < -0.3 is 5.11 Å². The molecule has 0 saturated heterocycles. The lowest BCUT2D eigenvalue weighted by Gasteiger charge is -1.93. The lowest BCUT2D eigenvalue weighted by molar-refractivity contribution is -0.132. The van der Waals surface area contributed by atoms with Gasteiger partial charge in [-0.05, 0) is 58.3 Å². The average molecular weight is 343 g/mol. The Morgan fingerprint density at radius 1 is 0.720 bits per heavy atom. The van der Waals surface area contributed by atoms with E-state index in [4.69, 9.17) is 5.11 Å². The molecule has 1 N–H and O–H groups in total. The minimum Gasteiger partial charge on any atom is -0.478 e. The number of unbranched alkanes of at least 4 members (excludes halogenated alkanes) is 2. The maximum Gasteiger partial charge on any atom is 0.330 e. The Bertz CT molecular complexity index is 502. The number of carbonyl (C=O) groups is 1.